The van der Waals surface area contributed by atoms with Gasteiger partial charge in [0, 0.05) is 6.42 Å². The lowest BCUT2D eigenvalue weighted by molar-refractivity contribution is -0.131. The number of H-pyrrole nitrogens is 1. The molecule has 2 N–H and O–H groups in total. The smallest absolute Gasteiger partial charge is 0.342 e. The van der Waals surface area contributed by atoms with Gasteiger partial charge >= 0.3 is 5.97 Å². The van der Waals surface area contributed by atoms with Crippen molar-refractivity contribution in [2.45, 2.75) is 25.4 Å². The van der Waals surface area contributed by atoms with Crippen molar-refractivity contribution in [3.8, 4) is 5.75 Å². The fourth-order valence-corrected chi connectivity index (χ4v) is 2.52. The first kappa shape index (κ1) is 16.1. The van der Waals surface area contributed by atoms with Crippen LogP contribution in [-0.4, -0.2) is 33.4 Å². The summed E-state index contributed by atoms with van der Waals surface area (Å²) in [4.78, 5) is 15.8. The number of carboxylic acids is 1. The number of nitrogens with one attached hydrogen (secondary N) is 1. The Morgan fingerprint density at radius 1 is 1.50 bits per heavy atom. The fraction of sp³-hybridized carbons (Fsp3) is 0.267. The first-order valence-corrected chi connectivity index (χ1v) is 7.54. The number of hydrogen-bond acceptors (Lipinski definition) is 5. The zero-order valence-electron chi connectivity index (χ0n) is 12.6. The zero-order chi connectivity index (χ0) is 16.1. The predicted molar refractivity (Wildman–Crippen MR) is 85.0 cm³/mol. The molecule has 0 saturated heterocycles. The molecule has 0 aliphatic carbocycles. The number of methoxy groups -OCH3 is 1. The van der Waals surface area contributed by atoms with Crippen molar-refractivity contribution in [3.05, 3.63) is 40.1 Å². The predicted octanol–water partition coefficient (Wildman–Crippen LogP) is 2.90. The summed E-state index contributed by atoms with van der Waals surface area (Å²) in [5.41, 5.74) is 1.74. The zero-order valence-corrected chi connectivity index (χ0v) is 13.4. The molecule has 0 fully saturated rings. The number of hydrogen-bond donors (Lipinski definition) is 2. The van der Waals surface area contributed by atoms with Crippen LogP contribution in [-0.2, 0) is 11.2 Å². The third-order valence-corrected chi connectivity index (χ3v) is 3.87. The molecule has 0 unspecified atom stereocenters. The molecule has 116 valence electrons. The quantitative estimate of drug-likeness (QED) is 0.629. The lowest BCUT2D eigenvalue weighted by Crippen LogP contribution is -1.97. The van der Waals surface area contributed by atoms with Gasteiger partial charge in [-0.05, 0) is 42.0 Å². The minimum absolute atomic E-state index is 0.146. The Labute approximate surface area is 132 Å². The Kier molecular flexibility index (Phi) is 5.21. The molecule has 22 heavy (non-hydrogen) atoms. The number of aliphatic carboxylic acids is 1. The van der Waals surface area contributed by atoms with Crippen molar-refractivity contribution in [3.63, 3.8) is 0 Å². The van der Waals surface area contributed by atoms with E-state index in [1.54, 1.807) is 19.3 Å². The summed E-state index contributed by atoms with van der Waals surface area (Å²) in [5, 5.41) is 16.5. The summed E-state index contributed by atoms with van der Waals surface area (Å²) in [6.07, 6.45) is 2.30. The minimum Gasteiger partial charge on any atom is -0.496 e. The highest BCUT2D eigenvalue weighted by Gasteiger charge is 2.13. The van der Waals surface area contributed by atoms with E-state index in [9.17, 15) is 9.90 Å². The molecule has 0 spiro atoms. The molecular weight excluding hydrogens is 302 g/mol. The molecule has 1 aromatic heterocycles. The molecule has 2 rings (SSSR count). The highest BCUT2D eigenvalue weighted by atomic mass is 32.2. The summed E-state index contributed by atoms with van der Waals surface area (Å²) in [5.74, 6) is 0.422. The number of thioether (sulfide) groups is 1. The number of aryl methyl sites for hydroxylation is 2. The second-order valence-corrected chi connectivity index (χ2v) is 5.57. The van der Waals surface area contributed by atoms with Crippen LogP contribution in [0.4, 0.5) is 0 Å². The van der Waals surface area contributed by atoms with Gasteiger partial charge < -0.3 is 9.84 Å². The van der Waals surface area contributed by atoms with Crippen LogP contribution in [0.1, 0.15) is 23.9 Å². The Morgan fingerprint density at radius 2 is 2.27 bits per heavy atom. The maximum Gasteiger partial charge on any atom is 0.342 e. The van der Waals surface area contributed by atoms with Gasteiger partial charge in [0.1, 0.15) is 16.5 Å². The standard InChI is InChI=1S/C15H17N3O3S/c1-4-13-16-15(18-17-13)22-12(14(19)20)8-10-6-5-9(2)11(7-10)21-3/h5-8H,4H2,1-3H3,(H,19,20)(H,16,17,18)/b12-8-. The number of carboxylic acid groups (broad SMARTS) is 1. The summed E-state index contributed by atoms with van der Waals surface area (Å²) in [6.45, 7) is 3.88. The summed E-state index contributed by atoms with van der Waals surface area (Å²) < 4.78 is 5.25. The Balaban J connectivity index is 2.28. The van der Waals surface area contributed by atoms with E-state index in [4.69, 9.17) is 4.74 Å². The van der Waals surface area contributed by atoms with E-state index in [1.165, 1.54) is 0 Å². The average molecular weight is 319 g/mol. The minimum atomic E-state index is -1.02. The van der Waals surface area contributed by atoms with Crippen molar-refractivity contribution >= 4 is 23.8 Å². The monoisotopic (exact) mass is 319 g/mol. The van der Waals surface area contributed by atoms with Crippen molar-refractivity contribution < 1.29 is 14.6 Å². The van der Waals surface area contributed by atoms with E-state index in [0.29, 0.717) is 5.16 Å². The van der Waals surface area contributed by atoms with E-state index >= 15 is 0 Å². The van der Waals surface area contributed by atoms with Gasteiger partial charge in [0.05, 0.1) is 7.11 Å². The summed E-state index contributed by atoms with van der Waals surface area (Å²) >= 11 is 1.01. The normalized spacial score (nSPS) is 11.5. The largest absolute Gasteiger partial charge is 0.496 e. The van der Waals surface area contributed by atoms with Crippen LogP contribution in [0, 0.1) is 6.92 Å². The molecule has 6 nitrogen and oxygen atoms in total. The molecular formula is C15H17N3O3S. The van der Waals surface area contributed by atoms with Gasteiger partial charge in [0.2, 0.25) is 5.16 Å². The Hall–Kier alpha value is -2.28. The van der Waals surface area contributed by atoms with E-state index in [1.807, 2.05) is 26.0 Å². The Morgan fingerprint density at radius 3 is 2.86 bits per heavy atom. The van der Waals surface area contributed by atoms with Gasteiger partial charge in [-0.2, -0.15) is 0 Å². The SMILES string of the molecule is CCc1nc(S/C(=C\c2ccc(C)c(OC)c2)C(=O)O)n[nH]1. The second-order valence-electron chi connectivity index (χ2n) is 4.56. The third kappa shape index (κ3) is 3.88. The molecule has 0 atom stereocenters. The van der Waals surface area contributed by atoms with Crippen LogP contribution in [0.2, 0.25) is 0 Å². The van der Waals surface area contributed by atoms with Crippen LogP contribution in [0.3, 0.4) is 0 Å². The number of ether oxygens (including phenoxy) is 1. The van der Waals surface area contributed by atoms with Crippen LogP contribution in [0.15, 0.2) is 28.3 Å². The topological polar surface area (TPSA) is 88.1 Å². The van der Waals surface area contributed by atoms with Gasteiger partial charge in [-0.25, -0.2) is 9.78 Å². The fourth-order valence-electron chi connectivity index (χ4n) is 1.79. The lowest BCUT2D eigenvalue weighted by Gasteiger charge is -2.06. The molecule has 0 aliphatic heterocycles. The molecule has 0 bridgehead atoms. The van der Waals surface area contributed by atoms with Gasteiger partial charge in [-0.3, -0.25) is 5.10 Å². The van der Waals surface area contributed by atoms with Crippen molar-refractivity contribution in [2.75, 3.05) is 7.11 Å². The highest BCUT2D eigenvalue weighted by molar-refractivity contribution is 8.04. The molecule has 0 amide bonds. The number of rotatable bonds is 6. The van der Waals surface area contributed by atoms with Crippen molar-refractivity contribution in [1.82, 2.24) is 15.2 Å². The molecule has 0 radical (unpaired) electrons. The first-order valence-electron chi connectivity index (χ1n) is 6.72. The van der Waals surface area contributed by atoms with Gasteiger partial charge in [-0.15, -0.1) is 5.10 Å². The van der Waals surface area contributed by atoms with E-state index < -0.39 is 5.97 Å². The van der Waals surface area contributed by atoms with Crippen LogP contribution in [0.5, 0.6) is 5.75 Å². The maximum atomic E-state index is 11.4. The number of carbonyl (C=O) groups is 1. The number of aromatic nitrogens is 3. The molecule has 1 heterocycles. The summed E-state index contributed by atoms with van der Waals surface area (Å²) in [7, 11) is 1.59. The number of nitrogens with zero attached hydrogens (tertiary/aromatic N) is 2. The molecule has 7 heteroatoms. The molecule has 1 aromatic carbocycles. The van der Waals surface area contributed by atoms with Gasteiger partial charge in [0.25, 0.3) is 0 Å². The molecule has 0 aliphatic rings. The highest BCUT2D eigenvalue weighted by Crippen LogP contribution is 2.27. The molecule has 0 saturated carbocycles. The maximum absolute atomic E-state index is 11.4. The van der Waals surface area contributed by atoms with Crippen molar-refractivity contribution in [1.29, 1.82) is 0 Å². The van der Waals surface area contributed by atoms with Crippen LogP contribution in [0.25, 0.3) is 6.08 Å². The third-order valence-electron chi connectivity index (χ3n) is 2.99. The van der Waals surface area contributed by atoms with E-state index in [-0.39, 0.29) is 4.91 Å². The van der Waals surface area contributed by atoms with E-state index in [2.05, 4.69) is 15.2 Å². The lowest BCUT2D eigenvalue weighted by atomic mass is 10.1. The number of aromatic amines is 1. The van der Waals surface area contributed by atoms with Crippen LogP contribution < -0.4 is 4.74 Å². The van der Waals surface area contributed by atoms with Crippen LogP contribution >= 0.6 is 11.8 Å². The van der Waals surface area contributed by atoms with Gasteiger partial charge in [0.15, 0.2) is 0 Å². The summed E-state index contributed by atoms with van der Waals surface area (Å²) in [6, 6.07) is 5.53. The van der Waals surface area contributed by atoms with Gasteiger partial charge in [-0.1, -0.05) is 19.1 Å². The van der Waals surface area contributed by atoms with Crippen molar-refractivity contribution in [2.24, 2.45) is 0 Å². The van der Waals surface area contributed by atoms with E-state index in [0.717, 1.165) is 40.9 Å². The first-order chi connectivity index (χ1) is 10.5. The molecule has 2 aromatic rings. The number of benzene rings is 1. The average Bonchev–Trinajstić information content (AvgIpc) is 2.96. The Bertz CT molecular complexity index is 710. The second kappa shape index (κ2) is 7.13.